The SMILES string of the molecule is O=C(CNC1CCCCCC1)N1CCN(c2ccccc2F)CC1. The number of para-hydroxylation sites is 1. The van der Waals surface area contributed by atoms with Crippen LogP contribution in [0.3, 0.4) is 0 Å². The van der Waals surface area contributed by atoms with E-state index in [-0.39, 0.29) is 11.7 Å². The number of nitrogens with zero attached hydrogens (tertiary/aromatic N) is 2. The fraction of sp³-hybridized carbons (Fsp3) is 0.632. The molecule has 0 unspecified atom stereocenters. The molecule has 1 aromatic rings. The molecule has 0 aromatic heterocycles. The minimum absolute atomic E-state index is 0.174. The molecule has 1 aliphatic heterocycles. The van der Waals surface area contributed by atoms with E-state index in [0.717, 1.165) is 0 Å². The lowest BCUT2D eigenvalue weighted by Gasteiger charge is -2.36. The summed E-state index contributed by atoms with van der Waals surface area (Å²) in [5.74, 6) is -0.0141. The second kappa shape index (κ2) is 8.47. The van der Waals surface area contributed by atoms with Gasteiger partial charge in [0.1, 0.15) is 5.82 Å². The quantitative estimate of drug-likeness (QED) is 0.861. The highest BCUT2D eigenvalue weighted by atomic mass is 19.1. The van der Waals surface area contributed by atoms with Crippen molar-refractivity contribution in [2.75, 3.05) is 37.6 Å². The summed E-state index contributed by atoms with van der Waals surface area (Å²) in [7, 11) is 0. The maximum Gasteiger partial charge on any atom is 0.236 e. The van der Waals surface area contributed by atoms with Gasteiger partial charge in [0.2, 0.25) is 5.91 Å². The van der Waals surface area contributed by atoms with Crippen LogP contribution in [0.2, 0.25) is 0 Å². The van der Waals surface area contributed by atoms with Crippen LogP contribution < -0.4 is 10.2 Å². The fourth-order valence-electron chi connectivity index (χ4n) is 3.73. The monoisotopic (exact) mass is 333 g/mol. The lowest BCUT2D eigenvalue weighted by Crippen LogP contribution is -2.51. The number of hydrogen-bond acceptors (Lipinski definition) is 3. The van der Waals surface area contributed by atoms with Crippen molar-refractivity contribution in [1.29, 1.82) is 0 Å². The summed E-state index contributed by atoms with van der Waals surface area (Å²) < 4.78 is 13.9. The minimum Gasteiger partial charge on any atom is -0.366 e. The zero-order valence-electron chi connectivity index (χ0n) is 14.3. The molecule has 3 rings (SSSR count). The zero-order valence-corrected chi connectivity index (χ0v) is 14.3. The van der Waals surface area contributed by atoms with Crippen LogP contribution in [0.1, 0.15) is 38.5 Å². The second-order valence-corrected chi connectivity index (χ2v) is 6.89. The molecule has 4 nitrogen and oxygen atoms in total. The summed E-state index contributed by atoms with van der Waals surface area (Å²) in [5, 5.41) is 3.45. The average Bonchev–Trinajstić information content (AvgIpc) is 2.89. The van der Waals surface area contributed by atoms with Crippen LogP contribution in [0.5, 0.6) is 0 Å². The molecule has 2 aliphatic rings. The van der Waals surface area contributed by atoms with Gasteiger partial charge in [-0.3, -0.25) is 4.79 Å². The highest BCUT2D eigenvalue weighted by Gasteiger charge is 2.23. The Hall–Kier alpha value is -1.62. The van der Waals surface area contributed by atoms with E-state index in [9.17, 15) is 9.18 Å². The average molecular weight is 333 g/mol. The van der Waals surface area contributed by atoms with Gasteiger partial charge in [0.05, 0.1) is 12.2 Å². The molecule has 1 saturated carbocycles. The third kappa shape index (κ3) is 4.47. The molecule has 2 fully saturated rings. The fourth-order valence-corrected chi connectivity index (χ4v) is 3.73. The topological polar surface area (TPSA) is 35.6 Å². The van der Waals surface area contributed by atoms with Crippen molar-refractivity contribution in [3.05, 3.63) is 30.1 Å². The van der Waals surface area contributed by atoms with Crippen molar-refractivity contribution < 1.29 is 9.18 Å². The summed E-state index contributed by atoms with van der Waals surface area (Å²) in [6.45, 7) is 3.15. The van der Waals surface area contributed by atoms with Gasteiger partial charge in [-0.05, 0) is 25.0 Å². The van der Waals surface area contributed by atoms with Gasteiger partial charge in [-0.15, -0.1) is 0 Å². The highest BCUT2D eigenvalue weighted by molar-refractivity contribution is 5.78. The van der Waals surface area contributed by atoms with Gasteiger partial charge >= 0.3 is 0 Å². The van der Waals surface area contributed by atoms with E-state index >= 15 is 0 Å². The predicted octanol–water partition coefficient (Wildman–Crippen LogP) is 2.79. The Morgan fingerprint density at radius 1 is 1.04 bits per heavy atom. The second-order valence-electron chi connectivity index (χ2n) is 6.89. The Labute approximate surface area is 144 Å². The summed E-state index contributed by atoms with van der Waals surface area (Å²) in [6, 6.07) is 7.35. The highest BCUT2D eigenvalue weighted by Crippen LogP contribution is 2.20. The van der Waals surface area contributed by atoms with E-state index in [1.807, 2.05) is 15.9 Å². The van der Waals surface area contributed by atoms with Crippen molar-refractivity contribution in [2.24, 2.45) is 0 Å². The van der Waals surface area contributed by atoms with Crippen LogP contribution >= 0.6 is 0 Å². The Balaban J connectivity index is 1.44. The lowest BCUT2D eigenvalue weighted by molar-refractivity contribution is -0.130. The number of rotatable bonds is 4. The first-order chi connectivity index (χ1) is 11.7. The number of amides is 1. The molecule has 0 spiro atoms. The molecule has 1 saturated heterocycles. The third-order valence-corrected chi connectivity index (χ3v) is 5.22. The number of hydrogen-bond donors (Lipinski definition) is 1. The van der Waals surface area contributed by atoms with Gasteiger partial charge in [0.15, 0.2) is 0 Å². The molecule has 1 aromatic carbocycles. The Morgan fingerprint density at radius 3 is 2.38 bits per heavy atom. The van der Waals surface area contributed by atoms with Crippen LogP contribution in [-0.2, 0) is 4.79 Å². The summed E-state index contributed by atoms with van der Waals surface area (Å²) >= 11 is 0. The van der Waals surface area contributed by atoms with Crippen LogP contribution in [0.25, 0.3) is 0 Å². The number of piperazine rings is 1. The molecule has 1 heterocycles. The van der Waals surface area contributed by atoms with Crippen LogP contribution in [0, 0.1) is 5.82 Å². The normalized spacial score (nSPS) is 20.0. The summed E-state index contributed by atoms with van der Waals surface area (Å²) in [4.78, 5) is 16.3. The van der Waals surface area contributed by atoms with Crippen LogP contribution in [-0.4, -0.2) is 49.6 Å². The van der Waals surface area contributed by atoms with Crippen molar-refractivity contribution >= 4 is 11.6 Å². The molecular formula is C19H28FN3O. The number of carbonyl (C=O) groups is 1. The number of halogens is 1. The zero-order chi connectivity index (χ0) is 16.8. The molecule has 1 N–H and O–H groups in total. The van der Waals surface area contributed by atoms with Gasteiger partial charge in [-0.2, -0.15) is 0 Å². The maximum atomic E-state index is 13.9. The number of carbonyl (C=O) groups excluding carboxylic acids is 1. The predicted molar refractivity (Wildman–Crippen MR) is 94.7 cm³/mol. The summed E-state index contributed by atoms with van der Waals surface area (Å²) in [5.41, 5.74) is 0.640. The molecule has 24 heavy (non-hydrogen) atoms. The molecule has 1 amide bonds. The molecule has 1 aliphatic carbocycles. The van der Waals surface area contributed by atoms with E-state index in [1.54, 1.807) is 12.1 Å². The number of nitrogens with one attached hydrogen (secondary N) is 1. The van der Waals surface area contributed by atoms with Gasteiger partial charge in [-0.25, -0.2) is 4.39 Å². The standard InChI is InChI=1S/C19H28FN3O/c20-17-9-5-6-10-18(17)22-11-13-23(14-12-22)19(24)15-21-16-7-3-1-2-4-8-16/h5-6,9-10,16,21H,1-4,7-8,11-15H2. The Bertz CT molecular complexity index is 535. The molecule has 132 valence electrons. The van der Waals surface area contributed by atoms with E-state index in [1.165, 1.54) is 44.6 Å². The van der Waals surface area contributed by atoms with Gasteiger partial charge in [-0.1, -0.05) is 37.8 Å². The van der Waals surface area contributed by atoms with Crippen LogP contribution in [0.15, 0.2) is 24.3 Å². The number of benzene rings is 1. The van der Waals surface area contributed by atoms with Crippen LogP contribution in [0.4, 0.5) is 10.1 Å². The molecule has 5 heteroatoms. The molecule has 0 bridgehead atoms. The van der Waals surface area contributed by atoms with E-state index in [0.29, 0.717) is 44.5 Å². The first kappa shape index (κ1) is 17.2. The third-order valence-electron chi connectivity index (χ3n) is 5.22. The molecule has 0 radical (unpaired) electrons. The smallest absolute Gasteiger partial charge is 0.236 e. The first-order valence-corrected chi connectivity index (χ1v) is 9.24. The number of anilines is 1. The van der Waals surface area contributed by atoms with Crippen molar-refractivity contribution in [2.45, 2.75) is 44.6 Å². The Morgan fingerprint density at radius 2 is 1.71 bits per heavy atom. The first-order valence-electron chi connectivity index (χ1n) is 9.24. The van der Waals surface area contributed by atoms with Gasteiger partial charge in [0.25, 0.3) is 0 Å². The van der Waals surface area contributed by atoms with Gasteiger partial charge < -0.3 is 15.1 Å². The summed E-state index contributed by atoms with van der Waals surface area (Å²) in [6.07, 6.45) is 7.57. The largest absolute Gasteiger partial charge is 0.366 e. The van der Waals surface area contributed by atoms with Crippen molar-refractivity contribution in [1.82, 2.24) is 10.2 Å². The maximum absolute atomic E-state index is 13.9. The molecular weight excluding hydrogens is 305 g/mol. The Kier molecular flexibility index (Phi) is 6.07. The van der Waals surface area contributed by atoms with Crippen molar-refractivity contribution in [3.8, 4) is 0 Å². The van der Waals surface area contributed by atoms with E-state index < -0.39 is 0 Å². The van der Waals surface area contributed by atoms with E-state index in [2.05, 4.69) is 5.32 Å². The van der Waals surface area contributed by atoms with Crippen molar-refractivity contribution in [3.63, 3.8) is 0 Å². The molecule has 0 atom stereocenters. The lowest BCUT2D eigenvalue weighted by atomic mass is 10.1. The minimum atomic E-state index is -0.188. The van der Waals surface area contributed by atoms with Gasteiger partial charge in [0, 0.05) is 32.2 Å². The van der Waals surface area contributed by atoms with E-state index in [4.69, 9.17) is 0 Å².